The van der Waals surface area contributed by atoms with E-state index in [0.29, 0.717) is 12.1 Å². The lowest BCUT2D eigenvalue weighted by molar-refractivity contribution is -0.180. The van der Waals surface area contributed by atoms with E-state index in [0.717, 1.165) is 0 Å². The van der Waals surface area contributed by atoms with Crippen molar-refractivity contribution in [1.82, 2.24) is 9.88 Å². The van der Waals surface area contributed by atoms with Crippen molar-refractivity contribution in [1.29, 1.82) is 0 Å². The van der Waals surface area contributed by atoms with Crippen molar-refractivity contribution in [2.75, 3.05) is 13.7 Å². The average Bonchev–Trinajstić information content (AvgIpc) is 2.21. The van der Waals surface area contributed by atoms with Crippen LogP contribution in [0.4, 0.5) is 0 Å². The number of carbonyl (C=O) groups is 2. The highest BCUT2D eigenvalue weighted by Crippen LogP contribution is 2.34. The molecule has 5 nitrogen and oxygen atoms in total. The van der Waals surface area contributed by atoms with Gasteiger partial charge in [0.1, 0.15) is 0 Å². The number of nitrogens with one attached hydrogen (secondary N) is 1. The molecule has 1 aliphatic heterocycles. The summed E-state index contributed by atoms with van der Waals surface area (Å²) in [5.41, 5.74) is -0.649. The zero-order chi connectivity index (χ0) is 13.4. The van der Waals surface area contributed by atoms with Gasteiger partial charge in [0.2, 0.25) is 11.6 Å². The normalized spacial score (nSPS) is 24.9. The second-order valence-electron chi connectivity index (χ2n) is 5.41. The van der Waals surface area contributed by atoms with Crippen LogP contribution in [0.15, 0.2) is 0 Å². The Morgan fingerprint density at radius 3 is 2.35 bits per heavy atom. The molecule has 6 heteroatoms. The third kappa shape index (κ3) is 2.23. The summed E-state index contributed by atoms with van der Waals surface area (Å²) in [7, 11) is -0.310. The van der Waals surface area contributed by atoms with Crippen LogP contribution in [-0.4, -0.2) is 44.0 Å². The number of rotatable bonds is 4. The van der Waals surface area contributed by atoms with Crippen LogP contribution >= 0.6 is 0 Å². The van der Waals surface area contributed by atoms with Crippen molar-refractivity contribution in [3.05, 3.63) is 0 Å². The molecule has 0 saturated carbocycles. The second kappa shape index (κ2) is 4.42. The number of carbonyl (C=O) groups excluding carboxylic acids is 2. The third-order valence-electron chi connectivity index (χ3n) is 3.81. The predicted octanol–water partition coefficient (Wildman–Crippen LogP) is 0.922. The SMILES string of the molecule is COC1(NC(C)=O)CN([Si](C)(C)C(C)C)C1=O. The fraction of sp³-hybridized carbons (Fsp3) is 0.818. The molecule has 0 aliphatic carbocycles. The molecule has 0 aromatic heterocycles. The highest BCUT2D eigenvalue weighted by molar-refractivity contribution is 6.78. The van der Waals surface area contributed by atoms with E-state index in [9.17, 15) is 9.59 Å². The molecule has 1 saturated heterocycles. The Balaban J connectivity index is 2.83. The van der Waals surface area contributed by atoms with Gasteiger partial charge in [0.25, 0.3) is 5.91 Å². The third-order valence-corrected chi connectivity index (χ3v) is 8.38. The number of ether oxygens (including phenoxy) is 1. The number of β-lactam (4-membered cyclic amide) rings is 1. The molecule has 0 radical (unpaired) electrons. The number of nitrogens with zero attached hydrogens (tertiary/aromatic N) is 1. The highest BCUT2D eigenvalue weighted by atomic mass is 28.3. The standard InChI is InChI=1S/C11H22N2O3Si/c1-8(2)17(5,6)13-7-11(16-4,10(13)15)12-9(3)14/h8H,7H2,1-6H3,(H,12,14). The lowest BCUT2D eigenvalue weighted by Gasteiger charge is -2.54. The molecule has 1 unspecified atom stereocenters. The van der Waals surface area contributed by atoms with E-state index in [-0.39, 0.29) is 11.8 Å². The van der Waals surface area contributed by atoms with Crippen LogP contribution in [0.3, 0.4) is 0 Å². The molecule has 0 spiro atoms. The van der Waals surface area contributed by atoms with Gasteiger partial charge in [-0.2, -0.15) is 0 Å². The first-order valence-electron chi connectivity index (χ1n) is 5.83. The molecule has 1 N–H and O–H groups in total. The number of methoxy groups -OCH3 is 1. The van der Waals surface area contributed by atoms with Crippen LogP contribution in [0.1, 0.15) is 20.8 Å². The lowest BCUT2D eigenvalue weighted by Crippen LogP contribution is -2.80. The summed E-state index contributed by atoms with van der Waals surface area (Å²) in [6.45, 7) is 10.4. The van der Waals surface area contributed by atoms with Gasteiger partial charge in [-0.05, 0) is 5.54 Å². The van der Waals surface area contributed by atoms with Gasteiger partial charge in [-0.15, -0.1) is 0 Å². The minimum absolute atomic E-state index is 0.111. The van der Waals surface area contributed by atoms with Crippen LogP contribution in [0, 0.1) is 0 Å². The minimum atomic E-state index is -1.76. The molecular formula is C11H22N2O3Si. The van der Waals surface area contributed by atoms with Crippen molar-refractivity contribution in [2.45, 2.75) is 45.1 Å². The first-order valence-corrected chi connectivity index (χ1v) is 8.86. The Bertz CT molecular complexity index is 344. The Morgan fingerprint density at radius 2 is 2.06 bits per heavy atom. The van der Waals surface area contributed by atoms with E-state index in [4.69, 9.17) is 4.74 Å². The molecule has 1 atom stereocenters. The number of hydrogen-bond donors (Lipinski definition) is 1. The number of amides is 2. The Morgan fingerprint density at radius 1 is 1.53 bits per heavy atom. The summed E-state index contributed by atoms with van der Waals surface area (Å²) in [6.07, 6.45) is 0. The van der Waals surface area contributed by atoms with E-state index in [1.807, 2.05) is 4.57 Å². The molecule has 98 valence electrons. The molecule has 0 aromatic carbocycles. The maximum atomic E-state index is 12.2. The molecule has 1 heterocycles. The molecule has 0 aromatic rings. The summed E-state index contributed by atoms with van der Waals surface area (Å²) in [6, 6.07) is 0. The van der Waals surface area contributed by atoms with Crippen molar-refractivity contribution >= 4 is 20.0 Å². The molecule has 1 fully saturated rings. The summed E-state index contributed by atoms with van der Waals surface area (Å²) >= 11 is 0. The Hall–Kier alpha value is -0.883. The molecule has 0 bridgehead atoms. The Labute approximate surface area is 104 Å². The van der Waals surface area contributed by atoms with Crippen LogP contribution < -0.4 is 5.32 Å². The van der Waals surface area contributed by atoms with E-state index in [1.165, 1.54) is 14.0 Å². The van der Waals surface area contributed by atoms with Gasteiger partial charge in [0, 0.05) is 14.0 Å². The van der Waals surface area contributed by atoms with Crippen molar-refractivity contribution < 1.29 is 14.3 Å². The van der Waals surface area contributed by atoms with Crippen molar-refractivity contribution in [2.24, 2.45) is 0 Å². The van der Waals surface area contributed by atoms with E-state index < -0.39 is 14.0 Å². The smallest absolute Gasteiger partial charge is 0.270 e. The molecular weight excluding hydrogens is 236 g/mol. The maximum Gasteiger partial charge on any atom is 0.270 e. The van der Waals surface area contributed by atoms with Gasteiger partial charge in [-0.25, -0.2) is 0 Å². The summed E-state index contributed by atoms with van der Waals surface area (Å²) < 4.78 is 7.09. The topological polar surface area (TPSA) is 58.6 Å². The van der Waals surface area contributed by atoms with Gasteiger partial charge in [-0.1, -0.05) is 26.9 Å². The first kappa shape index (κ1) is 14.2. The largest absolute Gasteiger partial charge is 0.360 e. The van der Waals surface area contributed by atoms with Gasteiger partial charge in [0.15, 0.2) is 8.24 Å². The fourth-order valence-corrected chi connectivity index (χ4v) is 3.80. The van der Waals surface area contributed by atoms with Crippen LogP contribution in [-0.2, 0) is 14.3 Å². The van der Waals surface area contributed by atoms with Crippen LogP contribution in [0.5, 0.6) is 0 Å². The number of hydrogen-bond acceptors (Lipinski definition) is 3. The zero-order valence-corrected chi connectivity index (χ0v) is 12.5. The van der Waals surface area contributed by atoms with Crippen molar-refractivity contribution in [3.63, 3.8) is 0 Å². The molecule has 1 rings (SSSR count). The van der Waals surface area contributed by atoms with Crippen LogP contribution in [0.2, 0.25) is 18.6 Å². The first-order chi connectivity index (χ1) is 7.67. The lowest BCUT2D eigenvalue weighted by atomic mass is 10.1. The monoisotopic (exact) mass is 258 g/mol. The highest BCUT2D eigenvalue weighted by Gasteiger charge is 2.58. The minimum Gasteiger partial charge on any atom is -0.360 e. The average molecular weight is 258 g/mol. The van der Waals surface area contributed by atoms with E-state index in [1.54, 1.807) is 0 Å². The van der Waals surface area contributed by atoms with Gasteiger partial charge in [-0.3, -0.25) is 9.59 Å². The van der Waals surface area contributed by atoms with E-state index >= 15 is 0 Å². The van der Waals surface area contributed by atoms with Crippen molar-refractivity contribution in [3.8, 4) is 0 Å². The van der Waals surface area contributed by atoms with Gasteiger partial charge >= 0.3 is 0 Å². The quantitative estimate of drug-likeness (QED) is 0.463. The predicted molar refractivity (Wildman–Crippen MR) is 67.8 cm³/mol. The molecule has 2 amide bonds. The summed E-state index contributed by atoms with van der Waals surface area (Å²) in [4.78, 5) is 23.3. The summed E-state index contributed by atoms with van der Waals surface area (Å²) in [5.74, 6) is -0.357. The Kier molecular flexibility index (Phi) is 3.68. The van der Waals surface area contributed by atoms with Crippen LogP contribution in [0.25, 0.3) is 0 Å². The van der Waals surface area contributed by atoms with E-state index in [2.05, 4.69) is 32.3 Å². The fourth-order valence-electron chi connectivity index (χ4n) is 1.85. The van der Waals surface area contributed by atoms with Gasteiger partial charge in [0.05, 0.1) is 6.54 Å². The summed E-state index contributed by atoms with van der Waals surface area (Å²) in [5, 5.41) is 2.60. The second-order valence-corrected chi connectivity index (χ2v) is 10.4. The maximum absolute atomic E-state index is 12.2. The molecule has 1 aliphatic rings. The zero-order valence-electron chi connectivity index (χ0n) is 11.5. The van der Waals surface area contributed by atoms with Gasteiger partial charge < -0.3 is 14.6 Å². The molecule has 17 heavy (non-hydrogen) atoms.